The summed E-state index contributed by atoms with van der Waals surface area (Å²) in [6.45, 7) is 3.58. The zero-order chi connectivity index (χ0) is 17.7. The molecule has 0 aliphatic carbocycles. The second-order valence-corrected chi connectivity index (χ2v) is 5.12. The summed E-state index contributed by atoms with van der Waals surface area (Å²) >= 11 is 0. The van der Waals surface area contributed by atoms with Crippen LogP contribution in [-0.4, -0.2) is 28.0 Å². The number of rotatable bonds is 6. The molecule has 2 aromatic rings. The maximum atomic E-state index is 11.9. The van der Waals surface area contributed by atoms with Gasteiger partial charge in [-0.2, -0.15) is 0 Å². The van der Waals surface area contributed by atoms with E-state index in [-0.39, 0.29) is 17.4 Å². The zero-order valence-electron chi connectivity index (χ0n) is 13.6. The van der Waals surface area contributed by atoms with E-state index < -0.39 is 16.6 Å². The summed E-state index contributed by atoms with van der Waals surface area (Å²) in [6.07, 6.45) is 2.29. The molecule has 0 radical (unpaired) electrons. The van der Waals surface area contributed by atoms with Gasteiger partial charge in [0.2, 0.25) is 5.82 Å². The van der Waals surface area contributed by atoms with Crippen LogP contribution in [0.3, 0.4) is 0 Å². The molecule has 0 unspecified atom stereocenters. The Morgan fingerprint density at radius 3 is 2.75 bits per heavy atom. The van der Waals surface area contributed by atoms with Gasteiger partial charge in [0.25, 0.3) is 0 Å². The minimum Gasteiger partial charge on any atom is -0.465 e. The molecule has 0 fully saturated rings. The Kier molecular flexibility index (Phi) is 5.41. The number of hydrogen-bond acceptors (Lipinski definition) is 7. The van der Waals surface area contributed by atoms with Crippen molar-refractivity contribution in [2.75, 3.05) is 12.4 Å². The van der Waals surface area contributed by atoms with E-state index in [1.165, 1.54) is 13.2 Å². The molecule has 126 valence electrons. The average Bonchev–Trinajstić information content (AvgIpc) is 2.58. The van der Waals surface area contributed by atoms with E-state index in [0.29, 0.717) is 12.1 Å². The topological polar surface area (TPSA) is 107 Å². The average molecular weight is 330 g/mol. The number of anilines is 1. The quantitative estimate of drug-likeness (QED) is 0.492. The van der Waals surface area contributed by atoms with Crippen molar-refractivity contribution in [3.05, 3.63) is 57.5 Å². The lowest BCUT2D eigenvalue weighted by Crippen LogP contribution is -2.16. The van der Waals surface area contributed by atoms with Crippen LogP contribution < -0.4 is 5.32 Å². The number of methoxy groups -OCH3 is 1. The van der Waals surface area contributed by atoms with E-state index in [0.717, 1.165) is 5.69 Å². The van der Waals surface area contributed by atoms with Gasteiger partial charge in [0.15, 0.2) is 0 Å². The number of hydrogen-bond donors (Lipinski definition) is 1. The fraction of sp³-hybridized carbons (Fsp3) is 0.312. The summed E-state index contributed by atoms with van der Waals surface area (Å²) < 4.78 is 4.64. The number of esters is 1. The molecule has 0 spiro atoms. The number of nitrogens with zero attached hydrogens (tertiary/aromatic N) is 3. The third-order valence-electron chi connectivity index (χ3n) is 3.47. The summed E-state index contributed by atoms with van der Waals surface area (Å²) in [5, 5.41) is 14.5. The molecule has 2 aromatic heterocycles. The molecular formula is C16H18N4O4. The fourth-order valence-corrected chi connectivity index (χ4v) is 2.35. The second-order valence-electron chi connectivity index (χ2n) is 5.12. The van der Waals surface area contributed by atoms with Crippen LogP contribution in [-0.2, 0) is 4.74 Å². The monoisotopic (exact) mass is 330 g/mol. The molecule has 8 heteroatoms. The Morgan fingerprint density at radius 2 is 2.21 bits per heavy atom. The van der Waals surface area contributed by atoms with Crippen molar-refractivity contribution in [1.29, 1.82) is 0 Å². The van der Waals surface area contributed by atoms with Crippen LogP contribution in [0, 0.1) is 17.0 Å². The molecule has 1 atom stereocenters. The molecule has 24 heavy (non-hydrogen) atoms. The maximum absolute atomic E-state index is 11.9. The predicted octanol–water partition coefficient (Wildman–Crippen LogP) is 3.04. The number of nitrogens with one attached hydrogen (secondary N) is 1. The van der Waals surface area contributed by atoms with Crippen LogP contribution in [0.2, 0.25) is 0 Å². The zero-order valence-corrected chi connectivity index (χ0v) is 13.6. The van der Waals surface area contributed by atoms with Crippen LogP contribution in [0.25, 0.3) is 0 Å². The lowest BCUT2D eigenvalue weighted by atomic mass is 10.1. The molecule has 2 heterocycles. The highest BCUT2D eigenvalue weighted by Crippen LogP contribution is 2.31. The van der Waals surface area contributed by atoms with E-state index in [4.69, 9.17) is 0 Å². The lowest BCUT2D eigenvalue weighted by Gasteiger charge is -2.18. The minimum atomic E-state index is -0.777. The highest BCUT2D eigenvalue weighted by atomic mass is 16.6. The van der Waals surface area contributed by atoms with E-state index in [9.17, 15) is 14.9 Å². The van der Waals surface area contributed by atoms with Crippen LogP contribution >= 0.6 is 0 Å². The molecule has 0 saturated carbocycles. The summed E-state index contributed by atoms with van der Waals surface area (Å²) in [5.74, 6) is -0.751. The van der Waals surface area contributed by atoms with Crippen molar-refractivity contribution in [3.8, 4) is 0 Å². The van der Waals surface area contributed by atoms with Gasteiger partial charge in [-0.3, -0.25) is 15.1 Å². The largest absolute Gasteiger partial charge is 0.465 e. The van der Waals surface area contributed by atoms with Crippen molar-refractivity contribution in [2.45, 2.75) is 26.3 Å². The van der Waals surface area contributed by atoms with Gasteiger partial charge in [0.1, 0.15) is 5.56 Å². The van der Waals surface area contributed by atoms with Gasteiger partial charge in [0.05, 0.1) is 23.8 Å². The number of carbonyl (C=O) groups is 1. The molecule has 0 aromatic carbocycles. The van der Waals surface area contributed by atoms with Gasteiger partial charge < -0.3 is 10.1 Å². The summed E-state index contributed by atoms with van der Waals surface area (Å²) in [6, 6.07) is 6.52. The molecule has 0 aliphatic rings. The highest BCUT2D eigenvalue weighted by molar-refractivity contribution is 5.96. The standard InChI is InChI=1S/C16H18N4O4/c1-4-12(13-7-5-6-8-17-13)19-15-14(20(22)23)11(16(21)24-3)9-10(2)18-15/h5-9,12H,4H2,1-3H3,(H,18,19)/t12-/m0/s1. The van der Waals surface area contributed by atoms with E-state index in [1.807, 2.05) is 19.1 Å². The molecule has 0 bridgehead atoms. The Morgan fingerprint density at radius 1 is 1.46 bits per heavy atom. The Labute approximate surface area is 139 Å². The van der Waals surface area contributed by atoms with Crippen molar-refractivity contribution >= 4 is 17.5 Å². The van der Waals surface area contributed by atoms with Gasteiger partial charge in [-0.1, -0.05) is 13.0 Å². The van der Waals surface area contributed by atoms with E-state index in [2.05, 4.69) is 20.0 Å². The number of aryl methyl sites for hydroxylation is 1. The number of carbonyl (C=O) groups excluding carboxylic acids is 1. The molecule has 0 amide bonds. The van der Waals surface area contributed by atoms with Gasteiger partial charge >= 0.3 is 11.7 Å². The third-order valence-corrected chi connectivity index (χ3v) is 3.47. The van der Waals surface area contributed by atoms with E-state index in [1.54, 1.807) is 19.2 Å². The fourth-order valence-electron chi connectivity index (χ4n) is 2.35. The number of ether oxygens (including phenoxy) is 1. The SMILES string of the molecule is CC[C@H](Nc1nc(C)cc(C(=O)OC)c1[N+](=O)[O-])c1ccccn1. The summed E-state index contributed by atoms with van der Waals surface area (Å²) in [4.78, 5) is 31.2. The van der Waals surface area contributed by atoms with E-state index >= 15 is 0 Å². The van der Waals surface area contributed by atoms with Crippen LogP contribution in [0.1, 0.15) is 41.1 Å². The van der Waals surface area contributed by atoms with Crippen LogP contribution in [0.4, 0.5) is 11.5 Å². The smallest absolute Gasteiger partial charge is 0.345 e. The van der Waals surface area contributed by atoms with Crippen molar-refractivity contribution in [1.82, 2.24) is 9.97 Å². The first-order chi connectivity index (χ1) is 11.5. The molecule has 8 nitrogen and oxygen atoms in total. The van der Waals surface area contributed by atoms with Gasteiger partial charge in [-0.15, -0.1) is 0 Å². The normalized spacial score (nSPS) is 11.6. The highest BCUT2D eigenvalue weighted by Gasteiger charge is 2.29. The Hall–Kier alpha value is -3.03. The second kappa shape index (κ2) is 7.49. The van der Waals surface area contributed by atoms with Crippen LogP contribution in [0.15, 0.2) is 30.5 Å². The van der Waals surface area contributed by atoms with Crippen molar-refractivity contribution < 1.29 is 14.5 Å². The molecule has 1 N–H and O–H groups in total. The molecule has 0 aliphatic heterocycles. The van der Waals surface area contributed by atoms with Crippen molar-refractivity contribution in [2.24, 2.45) is 0 Å². The Bertz CT molecular complexity index is 749. The number of aromatic nitrogens is 2. The van der Waals surface area contributed by atoms with Crippen molar-refractivity contribution in [3.63, 3.8) is 0 Å². The first-order valence-corrected chi connectivity index (χ1v) is 7.39. The minimum absolute atomic E-state index is 0.0258. The van der Waals surface area contributed by atoms with Gasteiger partial charge in [-0.05, 0) is 31.5 Å². The molecule has 0 saturated heterocycles. The first-order valence-electron chi connectivity index (χ1n) is 7.39. The lowest BCUT2D eigenvalue weighted by molar-refractivity contribution is -0.384. The Balaban J connectivity index is 2.50. The maximum Gasteiger partial charge on any atom is 0.345 e. The molecular weight excluding hydrogens is 312 g/mol. The summed E-state index contributed by atoms with van der Waals surface area (Å²) in [7, 11) is 1.18. The van der Waals surface area contributed by atoms with Gasteiger partial charge in [0, 0.05) is 11.9 Å². The summed E-state index contributed by atoms with van der Waals surface area (Å²) in [5.41, 5.74) is 0.673. The third kappa shape index (κ3) is 3.65. The first kappa shape index (κ1) is 17.3. The molecule has 2 rings (SSSR count). The van der Waals surface area contributed by atoms with Gasteiger partial charge in [-0.25, -0.2) is 9.78 Å². The predicted molar refractivity (Wildman–Crippen MR) is 87.9 cm³/mol. The van der Waals surface area contributed by atoms with Crippen LogP contribution in [0.5, 0.6) is 0 Å². The number of pyridine rings is 2. The number of nitro groups is 1.